The highest BCUT2D eigenvalue weighted by atomic mass is 79.9. The lowest BCUT2D eigenvalue weighted by atomic mass is 9.78. The van der Waals surface area contributed by atoms with Crippen LogP contribution in [0, 0.1) is 0 Å². The molecule has 0 heterocycles. The smallest absolute Gasteiger partial charge is 0.0943 e. The van der Waals surface area contributed by atoms with Crippen molar-refractivity contribution in [2.24, 2.45) is 0 Å². The summed E-state index contributed by atoms with van der Waals surface area (Å²) in [7, 11) is 0. The van der Waals surface area contributed by atoms with Gasteiger partial charge in [0.1, 0.15) is 0 Å². The molecule has 112 valence electrons. The van der Waals surface area contributed by atoms with Gasteiger partial charge >= 0.3 is 0 Å². The van der Waals surface area contributed by atoms with E-state index >= 15 is 0 Å². The van der Waals surface area contributed by atoms with Gasteiger partial charge in [-0.25, -0.2) is 0 Å². The van der Waals surface area contributed by atoms with Crippen molar-refractivity contribution < 1.29 is 9.84 Å². The van der Waals surface area contributed by atoms with Gasteiger partial charge in [-0.15, -0.1) is 0 Å². The van der Waals surface area contributed by atoms with E-state index in [2.05, 4.69) is 15.9 Å². The summed E-state index contributed by atoms with van der Waals surface area (Å²) >= 11 is 9.66. The summed E-state index contributed by atoms with van der Waals surface area (Å²) in [6.07, 6.45) is 5.43. The van der Waals surface area contributed by atoms with Crippen LogP contribution in [0.5, 0.6) is 0 Å². The van der Waals surface area contributed by atoms with E-state index in [0.717, 1.165) is 35.7 Å². The second kappa shape index (κ2) is 7.26. The van der Waals surface area contributed by atoms with Gasteiger partial charge in [-0.3, -0.25) is 0 Å². The molecule has 0 radical (unpaired) electrons. The monoisotopic (exact) mass is 360 g/mol. The first-order valence-electron chi connectivity index (χ1n) is 7.33. The minimum absolute atomic E-state index is 0.386. The lowest BCUT2D eigenvalue weighted by Gasteiger charge is -2.41. The lowest BCUT2D eigenvalue weighted by molar-refractivity contribution is -0.138. The van der Waals surface area contributed by atoms with Crippen LogP contribution in [0.2, 0.25) is 5.02 Å². The zero-order chi connectivity index (χ0) is 14.6. The van der Waals surface area contributed by atoms with Gasteiger partial charge in [0, 0.05) is 22.5 Å². The third-order valence-corrected chi connectivity index (χ3v) is 5.01. The van der Waals surface area contributed by atoms with Crippen molar-refractivity contribution in [2.75, 3.05) is 6.61 Å². The van der Waals surface area contributed by atoms with Crippen molar-refractivity contribution in [1.29, 1.82) is 0 Å². The fourth-order valence-corrected chi connectivity index (χ4v) is 3.84. The molecule has 1 aromatic carbocycles. The Bertz CT molecular complexity index is 439. The standard InChI is InChI=1S/C16H22BrClO2/c1-2-20-16(8-4-3-5-9-16)15(19)10-12-6-7-13(17)11-14(12)18/h6-7,11,15,19H,2-5,8-10H2,1H3. The summed E-state index contributed by atoms with van der Waals surface area (Å²) in [6, 6.07) is 5.80. The van der Waals surface area contributed by atoms with E-state index in [4.69, 9.17) is 16.3 Å². The van der Waals surface area contributed by atoms with Gasteiger partial charge < -0.3 is 9.84 Å². The van der Waals surface area contributed by atoms with Crippen LogP contribution < -0.4 is 0 Å². The van der Waals surface area contributed by atoms with Crippen molar-refractivity contribution in [3.05, 3.63) is 33.3 Å². The first-order valence-corrected chi connectivity index (χ1v) is 8.50. The molecular weight excluding hydrogens is 340 g/mol. The van der Waals surface area contributed by atoms with Crippen LogP contribution in [0.1, 0.15) is 44.6 Å². The average Bonchev–Trinajstić information content (AvgIpc) is 2.43. The van der Waals surface area contributed by atoms with Gasteiger partial charge in [-0.2, -0.15) is 0 Å². The zero-order valence-electron chi connectivity index (χ0n) is 11.9. The molecule has 2 rings (SSSR count). The second-order valence-electron chi connectivity index (χ2n) is 5.51. The molecule has 0 bridgehead atoms. The predicted molar refractivity (Wildman–Crippen MR) is 86.3 cm³/mol. The zero-order valence-corrected chi connectivity index (χ0v) is 14.2. The van der Waals surface area contributed by atoms with Crippen LogP contribution in [0.4, 0.5) is 0 Å². The van der Waals surface area contributed by atoms with E-state index in [1.807, 2.05) is 25.1 Å². The molecule has 1 atom stereocenters. The summed E-state index contributed by atoms with van der Waals surface area (Å²) in [6.45, 7) is 2.64. The maximum atomic E-state index is 10.7. The highest BCUT2D eigenvalue weighted by Gasteiger charge is 2.39. The molecule has 4 heteroatoms. The van der Waals surface area contributed by atoms with E-state index < -0.39 is 6.10 Å². The Morgan fingerprint density at radius 1 is 1.35 bits per heavy atom. The topological polar surface area (TPSA) is 29.5 Å². The predicted octanol–water partition coefficient (Wildman–Crippen LogP) is 4.75. The molecule has 20 heavy (non-hydrogen) atoms. The molecule has 1 fully saturated rings. The van der Waals surface area contributed by atoms with Gasteiger partial charge in [0.2, 0.25) is 0 Å². The summed E-state index contributed by atoms with van der Waals surface area (Å²) in [5, 5.41) is 11.4. The molecular formula is C16H22BrClO2. The molecule has 0 aliphatic heterocycles. The van der Waals surface area contributed by atoms with E-state index in [1.165, 1.54) is 6.42 Å². The van der Waals surface area contributed by atoms with Crippen molar-refractivity contribution >= 4 is 27.5 Å². The number of ether oxygens (including phenoxy) is 1. The van der Waals surface area contributed by atoms with E-state index in [9.17, 15) is 5.11 Å². The van der Waals surface area contributed by atoms with Crippen molar-refractivity contribution in [2.45, 2.75) is 57.2 Å². The first kappa shape index (κ1) is 16.3. The van der Waals surface area contributed by atoms with Gasteiger partial charge in [-0.05, 0) is 37.5 Å². The van der Waals surface area contributed by atoms with Crippen molar-refractivity contribution in [3.63, 3.8) is 0 Å². The third-order valence-electron chi connectivity index (χ3n) is 4.17. The van der Waals surface area contributed by atoms with Gasteiger partial charge in [0.15, 0.2) is 0 Å². The molecule has 0 amide bonds. The Morgan fingerprint density at radius 2 is 2.05 bits per heavy atom. The Kier molecular flexibility index (Phi) is 5.91. The minimum atomic E-state index is -0.499. The van der Waals surface area contributed by atoms with E-state index in [0.29, 0.717) is 18.1 Å². The largest absolute Gasteiger partial charge is 0.390 e. The normalized spacial score (nSPS) is 19.8. The van der Waals surface area contributed by atoms with Gasteiger partial charge in [0.25, 0.3) is 0 Å². The van der Waals surface area contributed by atoms with Gasteiger partial charge in [-0.1, -0.05) is 52.9 Å². The van der Waals surface area contributed by atoms with E-state index in [-0.39, 0.29) is 5.60 Å². The average molecular weight is 362 g/mol. The van der Waals surface area contributed by atoms with E-state index in [1.54, 1.807) is 0 Å². The highest BCUT2D eigenvalue weighted by Crippen LogP contribution is 2.36. The lowest BCUT2D eigenvalue weighted by Crippen LogP contribution is -2.47. The molecule has 0 aromatic heterocycles. The Morgan fingerprint density at radius 3 is 2.65 bits per heavy atom. The highest BCUT2D eigenvalue weighted by molar-refractivity contribution is 9.10. The van der Waals surface area contributed by atoms with Crippen molar-refractivity contribution in [1.82, 2.24) is 0 Å². The fourth-order valence-electron chi connectivity index (χ4n) is 3.09. The fraction of sp³-hybridized carbons (Fsp3) is 0.625. The number of hydrogen-bond donors (Lipinski definition) is 1. The maximum Gasteiger partial charge on any atom is 0.0943 e. The summed E-state index contributed by atoms with van der Waals surface area (Å²) in [4.78, 5) is 0. The molecule has 1 aromatic rings. The molecule has 1 saturated carbocycles. The third kappa shape index (κ3) is 3.76. The molecule has 1 aliphatic carbocycles. The maximum absolute atomic E-state index is 10.7. The Balaban J connectivity index is 2.13. The van der Waals surface area contributed by atoms with Crippen LogP contribution in [0.3, 0.4) is 0 Å². The molecule has 1 N–H and O–H groups in total. The number of halogens is 2. The van der Waals surface area contributed by atoms with Crippen LogP contribution in [0.25, 0.3) is 0 Å². The van der Waals surface area contributed by atoms with Crippen LogP contribution in [-0.4, -0.2) is 23.4 Å². The van der Waals surface area contributed by atoms with Crippen molar-refractivity contribution in [3.8, 4) is 0 Å². The quantitative estimate of drug-likeness (QED) is 0.820. The number of rotatable bonds is 5. The first-order chi connectivity index (χ1) is 9.57. The Hall–Kier alpha value is -0.0900. The van der Waals surface area contributed by atoms with Crippen LogP contribution in [0.15, 0.2) is 22.7 Å². The molecule has 0 spiro atoms. The molecule has 0 saturated heterocycles. The molecule has 1 aliphatic rings. The molecule has 1 unspecified atom stereocenters. The number of aliphatic hydroxyl groups excluding tert-OH is 1. The minimum Gasteiger partial charge on any atom is -0.390 e. The van der Waals surface area contributed by atoms with Crippen LogP contribution >= 0.6 is 27.5 Å². The molecule has 2 nitrogen and oxygen atoms in total. The summed E-state index contributed by atoms with van der Waals surface area (Å²) in [5.41, 5.74) is 0.593. The SMILES string of the molecule is CCOC1(C(O)Cc2ccc(Br)cc2Cl)CCCCC1. The summed E-state index contributed by atoms with van der Waals surface area (Å²) in [5.74, 6) is 0. The number of hydrogen-bond acceptors (Lipinski definition) is 2. The number of benzene rings is 1. The van der Waals surface area contributed by atoms with Gasteiger partial charge in [0.05, 0.1) is 11.7 Å². The van der Waals surface area contributed by atoms with Crippen LogP contribution in [-0.2, 0) is 11.2 Å². The Labute approximate surface area is 134 Å². The second-order valence-corrected chi connectivity index (χ2v) is 6.84. The summed E-state index contributed by atoms with van der Waals surface area (Å²) < 4.78 is 6.92. The number of aliphatic hydroxyl groups is 1.